The third-order valence-corrected chi connectivity index (χ3v) is 13.2. The predicted octanol–water partition coefficient (Wildman–Crippen LogP) is 12.8. The van der Waals surface area contributed by atoms with Crippen molar-refractivity contribution in [2.75, 3.05) is 0 Å². The summed E-state index contributed by atoms with van der Waals surface area (Å²) in [5.74, 6) is 0. The Morgan fingerprint density at radius 2 is 0.936 bits per heavy atom. The molecule has 3 aliphatic rings. The average molecular weight is 639 g/mol. The molecule has 2 aliphatic carbocycles. The van der Waals surface area contributed by atoms with Crippen LogP contribution in [0, 0.1) is 0 Å². The summed E-state index contributed by atoms with van der Waals surface area (Å²) >= 11 is 3.90. The number of benzene rings is 6. The van der Waals surface area contributed by atoms with Crippen LogP contribution in [0.2, 0.25) is 0 Å². The molecular formula is C44H35BS2. The SMILES string of the molecule is [B]C1(c2cc3c(cc2-c2cccc4c2Sc2ccccc2C(C)(C)S4)-c2ccccc2-c2ccccc2-c2ccccc2-3)CCCC1. The normalized spacial score (nSPS) is 16.6. The molecule has 0 spiro atoms. The Morgan fingerprint density at radius 3 is 1.53 bits per heavy atom. The first-order valence-electron chi connectivity index (χ1n) is 16.8. The molecule has 226 valence electrons. The molecule has 0 nitrogen and oxygen atoms in total. The predicted molar refractivity (Wildman–Crippen MR) is 203 cm³/mol. The number of hydrogen-bond donors (Lipinski definition) is 0. The Bertz CT molecular complexity index is 2200. The van der Waals surface area contributed by atoms with Crippen molar-refractivity contribution >= 4 is 31.4 Å². The van der Waals surface area contributed by atoms with Crippen LogP contribution in [0.4, 0.5) is 0 Å². The highest BCUT2D eigenvalue weighted by Crippen LogP contribution is 2.57. The van der Waals surface area contributed by atoms with Crippen molar-refractivity contribution in [3.05, 3.63) is 139 Å². The Hall–Kier alpha value is -3.92. The lowest BCUT2D eigenvalue weighted by Crippen LogP contribution is -2.23. The first-order valence-corrected chi connectivity index (χ1v) is 18.4. The van der Waals surface area contributed by atoms with Gasteiger partial charge in [-0.15, -0.1) is 11.8 Å². The molecule has 0 unspecified atom stereocenters. The summed E-state index contributed by atoms with van der Waals surface area (Å²) < 4.78 is -0.0428. The van der Waals surface area contributed by atoms with Crippen molar-refractivity contribution in [1.82, 2.24) is 0 Å². The van der Waals surface area contributed by atoms with Gasteiger partial charge in [0.25, 0.3) is 0 Å². The van der Waals surface area contributed by atoms with Gasteiger partial charge in [0.1, 0.15) is 0 Å². The van der Waals surface area contributed by atoms with Gasteiger partial charge < -0.3 is 0 Å². The third-order valence-electron chi connectivity index (χ3n) is 10.5. The third kappa shape index (κ3) is 4.69. The maximum absolute atomic E-state index is 7.53. The molecule has 2 radical (unpaired) electrons. The van der Waals surface area contributed by atoms with Gasteiger partial charge in [0.2, 0.25) is 0 Å². The highest BCUT2D eigenvalue weighted by atomic mass is 32.2. The Labute approximate surface area is 288 Å². The van der Waals surface area contributed by atoms with Crippen LogP contribution in [0.1, 0.15) is 50.7 Å². The molecular weight excluding hydrogens is 603 g/mol. The van der Waals surface area contributed by atoms with Gasteiger partial charge >= 0.3 is 0 Å². The fraction of sp³-hybridized carbons (Fsp3) is 0.182. The molecule has 6 aromatic carbocycles. The standard InChI is InChI=1S/C44H35BS2/c1-43(2)38-21-9-10-22-40(38)46-42-34(20-13-23-41(42)47-43)37-26-35-32-18-7-5-16-30(32)28-14-3-4-15-29(28)31-17-6-8-19-33(31)36(35)27-39(37)44(45)24-11-12-25-44/h3-10,13-23,26-27H,11-12,24-25H2,1-2H3. The Balaban J connectivity index is 1.38. The van der Waals surface area contributed by atoms with Gasteiger partial charge in [0.15, 0.2) is 0 Å². The molecule has 47 heavy (non-hydrogen) atoms. The Morgan fingerprint density at radius 1 is 0.468 bits per heavy atom. The number of thioether (sulfide) groups is 1. The van der Waals surface area contributed by atoms with Crippen molar-refractivity contribution in [1.29, 1.82) is 0 Å². The van der Waals surface area contributed by atoms with Crippen molar-refractivity contribution < 1.29 is 0 Å². The smallest absolute Gasteiger partial charge is 0.0810 e. The van der Waals surface area contributed by atoms with E-state index in [2.05, 4.69) is 141 Å². The van der Waals surface area contributed by atoms with Crippen LogP contribution in [-0.2, 0) is 10.1 Å². The summed E-state index contributed by atoms with van der Waals surface area (Å²) in [4.78, 5) is 4.01. The van der Waals surface area contributed by atoms with Crippen molar-refractivity contribution in [3.63, 3.8) is 0 Å². The molecule has 9 rings (SSSR count). The van der Waals surface area contributed by atoms with Crippen molar-refractivity contribution in [2.24, 2.45) is 0 Å². The van der Waals surface area contributed by atoms with E-state index in [1.54, 1.807) is 0 Å². The molecule has 1 fully saturated rings. The van der Waals surface area contributed by atoms with E-state index in [4.69, 9.17) is 7.85 Å². The van der Waals surface area contributed by atoms with Crippen molar-refractivity contribution in [3.8, 4) is 55.6 Å². The molecule has 0 amide bonds. The molecule has 1 saturated carbocycles. The second-order valence-corrected chi connectivity index (χ2v) is 16.5. The molecule has 0 aromatic heterocycles. The van der Waals surface area contributed by atoms with Crippen molar-refractivity contribution in [2.45, 2.75) is 64.3 Å². The lowest BCUT2D eigenvalue weighted by atomic mass is 9.60. The zero-order valence-electron chi connectivity index (χ0n) is 26.8. The highest BCUT2D eigenvalue weighted by molar-refractivity contribution is 8.03. The van der Waals surface area contributed by atoms with Crippen LogP contribution in [0.25, 0.3) is 55.6 Å². The van der Waals surface area contributed by atoms with Crippen LogP contribution >= 0.6 is 23.5 Å². The van der Waals surface area contributed by atoms with Gasteiger partial charge in [0, 0.05) is 19.4 Å². The quantitative estimate of drug-likeness (QED) is 0.173. The molecule has 3 heteroatoms. The fourth-order valence-electron chi connectivity index (χ4n) is 8.22. The minimum Gasteiger partial charge on any atom is -0.114 e. The monoisotopic (exact) mass is 638 g/mol. The van der Waals surface area contributed by atoms with E-state index in [-0.39, 0.29) is 10.1 Å². The van der Waals surface area contributed by atoms with E-state index in [1.165, 1.54) is 94.3 Å². The van der Waals surface area contributed by atoms with E-state index in [0.717, 1.165) is 12.8 Å². The van der Waals surface area contributed by atoms with E-state index >= 15 is 0 Å². The number of fused-ring (bicyclic) bond motifs is 10. The summed E-state index contributed by atoms with van der Waals surface area (Å²) in [7, 11) is 7.53. The maximum Gasteiger partial charge on any atom is 0.0810 e. The van der Waals surface area contributed by atoms with E-state index in [9.17, 15) is 0 Å². The molecule has 0 N–H and O–H groups in total. The lowest BCUT2D eigenvalue weighted by molar-refractivity contribution is 0.637. The number of hydrogen-bond acceptors (Lipinski definition) is 2. The van der Waals surface area contributed by atoms with Crippen LogP contribution in [0.5, 0.6) is 0 Å². The van der Waals surface area contributed by atoms with E-state index < -0.39 is 0 Å². The molecule has 1 aliphatic heterocycles. The summed E-state index contributed by atoms with van der Waals surface area (Å²) in [5, 5.41) is -0.373. The topological polar surface area (TPSA) is 0 Å². The van der Waals surface area contributed by atoms with Crippen LogP contribution in [-0.4, -0.2) is 7.85 Å². The zero-order valence-corrected chi connectivity index (χ0v) is 28.5. The van der Waals surface area contributed by atoms with Crippen LogP contribution in [0.15, 0.2) is 142 Å². The van der Waals surface area contributed by atoms with Crippen LogP contribution in [0.3, 0.4) is 0 Å². The lowest BCUT2D eigenvalue weighted by Gasteiger charge is -2.32. The summed E-state index contributed by atoms with van der Waals surface area (Å²) in [5.41, 5.74) is 15.4. The van der Waals surface area contributed by atoms with Gasteiger partial charge in [0.05, 0.1) is 7.85 Å². The van der Waals surface area contributed by atoms with Gasteiger partial charge in [-0.25, -0.2) is 0 Å². The minimum absolute atomic E-state index is 0.0428. The minimum atomic E-state index is -0.373. The largest absolute Gasteiger partial charge is 0.114 e. The van der Waals surface area contributed by atoms with E-state index in [1.807, 2.05) is 23.5 Å². The van der Waals surface area contributed by atoms with Crippen LogP contribution < -0.4 is 0 Å². The first-order chi connectivity index (χ1) is 22.9. The van der Waals surface area contributed by atoms with E-state index in [0.29, 0.717) is 0 Å². The highest BCUT2D eigenvalue weighted by Gasteiger charge is 2.36. The first kappa shape index (κ1) is 29.2. The molecule has 0 atom stereocenters. The molecule has 1 heterocycles. The summed E-state index contributed by atoms with van der Waals surface area (Å²) in [6.07, 6.45) is 4.34. The molecule has 6 aromatic rings. The van der Waals surface area contributed by atoms with Gasteiger partial charge in [-0.05, 0) is 104 Å². The zero-order chi connectivity index (χ0) is 31.8. The number of rotatable bonds is 2. The molecule has 0 bridgehead atoms. The van der Waals surface area contributed by atoms with Gasteiger partial charge in [-0.3, -0.25) is 0 Å². The second kappa shape index (κ2) is 11.1. The summed E-state index contributed by atoms with van der Waals surface area (Å²) in [6.45, 7) is 4.71. The second-order valence-electron chi connectivity index (χ2n) is 13.8. The fourth-order valence-corrected chi connectivity index (χ4v) is 11.0. The Kier molecular flexibility index (Phi) is 6.89. The van der Waals surface area contributed by atoms with Gasteiger partial charge in [-0.1, -0.05) is 147 Å². The van der Waals surface area contributed by atoms with Gasteiger partial charge in [-0.2, -0.15) is 0 Å². The molecule has 0 saturated heterocycles. The maximum atomic E-state index is 7.53. The summed E-state index contributed by atoms with van der Waals surface area (Å²) in [6, 6.07) is 47.7. The average Bonchev–Trinajstić information content (AvgIpc) is 3.50.